The molecule has 178 valence electrons. The van der Waals surface area contributed by atoms with Crippen LogP contribution in [0.5, 0.6) is 5.75 Å². The summed E-state index contributed by atoms with van der Waals surface area (Å²) in [5.74, 6) is 1.63. The standard InChI is InChI=1S/C29H24N4O3/c1-18-16-23(28-31-19(2)36-33-28)8-10-25(18)20-4-6-22(7-5-20)29(34)32-24-9-11-27(35-3)26(17-24)21-12-14-30-15-13-21/h4-17H,1-3H3,(H,32,34). The Morgan fingerprint density at radius 3 is 2.22 bits per heavy atom. The molecule has 0 saturated carbocycles. The Hall–Kier alpha value is -4.78. The molecule has 2 heterocycles. The molecule has 0 aliphatic heterocycles. The Labute approximate surface area is 208 Å². The van der Waals surface area contributed by atoms with Crippen molar-refractivity contribution in [3.8, 4) is 39.4 Å². The number of aryl methyl sites for hydroxylation is 2. The number of hydrogen-bond donors (Lipinski definition) is 1. The van der Waals surface area contributed by atoms with Gasteiger partial charge < -0.3 is 14.6 Å². The quantitative estimate of drug-likeness (QED) is 0.307. The third-order valence-electron chi connectivity index (χ3n) is 5.92. The zero-order valence-electron chi connectivity index (χ0n) is 20.1. The summed E-state index contributed by atoms with van der Waals surface area (Å²) in [7, 11) is 1.63. The highest BCUT2D eigenvalue weighted by atomic mass is 16.5. The van der Waals surface area contributed by atoms with Gasteiger partial charge in [-0.1, -0.05) is 29.4 Å². The van der Waals surface area contributed by atoms with Crippen LogP contribution >= 0.6 is 0 Å². The summed E-state index contributed by atoms with van der Waals surface area (Å²) >= 11 is 0. The van der Waals surface area contributed by atoms with Crippen molar-refractivity contribution < 1.29 is 14.1 Å². The zero-order valence-corrected chi connectivity index (χ0v) is 20.1. The molecular formula is C29H24N4O3. The lowest BCUT2D eigenvalue weighted by molar-refractivity contribution is 0.102. The van der Waals surface area contributed by atoms with Crippen molar-refractivity contribution in [1.82, 2.24) is 15.1 Å². The average Bonchev–Trinajstić information content (AvgIpc) is 3.35. The van der Waals surface area contributed by atoms with Gasteiger partial charge in [0.15, 0.2) is 0 Å². The summed E-state index contributed by atoms with van der Waals surface area (Å²) in [5, 5.41) is 6.97. The van der Waals surface area contributed by atoms with Crippen LogP contribution in [-0.2, 0) is 0 Å². The molecule has 5 aromatic rings. The van der Waals surface area contributed by atoms with Crippen molar-refractivity contribution in [3.05, 3.63) is 102 Å². The molecule has 0 atom stereocenters. The maximum atomic E-state index is 13.0. The molecule has 0 fully saturated rings. The van der Waals surface area contributed by atoms with Gasteiger partial charge in [0, 0.05) is 41.7 Å². The Balaban J connectivity index is 1.34. The van der Waals surface area contributed by atoms with Crippen LogP contribution in [-0.4, -0.2) is 28.1 Å². The molecule has 0 aliphatic rings. The average molecular weight is 477 g/mol. The van der Waals surface area contributed by atoms with Gasteiger partial charge in [-0.25, -0.2) is 0 Å². The predicted octanol–water partition coefficient (Wildman–Crippen LogP) is 6.34. The van der Waals surface area contributed by atoms with Crippen molar-refractivity contribution in [2.24, 2.45) is 0 Å². The maximum absolute atomic E-state index is 13.0. The topological polar surface area (TPSA) is 90.1 Å². The lowest BCUT2D eigenvalue weighted by Gasteiger charge is -2.12. The van der Waals surface area contributed by atoms with Crippen LogP contribution in [0, 0.1) is 13.8 Å². The van der Waals surface area contributed by atoms with Gasteiger partial charge in [-0.15, -0.1) is 0 Å². The number of benzene rings is 3. The van der Waals surface area contributed by atoms with Crippen LogP contribution in [0.3, 0.4) is 0 Å². The first-order chi connectivity index (χ1) is 17.5. The van der Waals surface area contributed by atoms with Crippen molar-refractivity contribution in [2.45, 2.75) is 13.8 Å². The van der Waals surface area contributed by atoms with Crippen LogP contribution in [0.25, 0.3) is 33.6 Å². The van der Waals surface area contributed by atoms with Crippen molar-refractivity contribution in [2.75, 3.05) is 12.4 Å². The smallest absolute Gasteiger partial charge is 0.255 e. The monoisotopic (exact) mass is 476 g/mol. The second-order valence-electron chi connectivity index (χ2n) is 8.35. The normalized spacial score (nSPS) is 10.8. The number of carbonyl (C=O) groups excluding carboxylic acids is 1. The SMILES string of the molecule is COc1ccc(NC(=O)c2ccc(-c3ccc(-c4noc(C)n4)cc3C)cc2)cc1-c1ccncc1. The molecule has 1 amide bonds. The highest BCUT2D eigenvalue weighted by Gasteiger charge is 2.12. The summed E-state index contributed by atoms with van der Waals surface area (Å²) in [6.07, 6.45) is 3.45. The number of carbonyl (C=O) groups is 1. The van der Waals surface area contributed by atoms with Gasteiger partial charge >= 0.3 is 0 Å². The van der Waals surface area contributed by atoms with Gasteiger partial charge in [-0.2, -0.15) is 4.98 Å². The van der Waals surface area contributed by atoms with Gasteiger partial charge in [0.05, 0.1) is 7.11 Å². The van der Waals surface area contributed by atoms with Crippen molar-refractivity contribution in [1.29, 1.82) is 0 Å². The van der Waals surface area contributed by atoms with Crippen LogP contribution in [0.2, 0.25) is 0 Å². The second-order valence-corrected chi connectivity index (χ2v) is 8.35. The van der Waals surface area contributed by atoms with E-state index in [1.807, 2.05) is 79.7 Å². The summed E-state index contributed by atoms with van der Waals surface area (Å²) in [5.41, 5.74) is 7.15. The number of anilines is 1. The highest BCUT2D eigenvalue weighted by molar-refractivity contribution is 6.05. The maximum Gasteiger partial charge on any atom is 0.255 e. The van der Waals surface area contributed by atoms with E-state index in [4.69, 9.17) is 9.26 Å². The fraction of sp³-hybridized carbons (Fsp3) is 0.103. The van der Waals surface area contributed by atoms with Crippen molar-refractivity contribution in [3.63, 3.8) is 0 Å². The molecule has 5 rings (SSSR count). The number of ether oxygens (including phenoxy) is 1. The molecule has 0 aliphatic carbocycles. The largest absolute Gasteiger partial charge is 0.496 e. The van der Waals surface area contributed by atoms with Crippen LogP contribution in [0.1, 0.15) is 21.8 Å². The first kappa shape index (κ1) is 23.0. The van der Waals surface area contributed by atoms with Gasteiger partial charge in [0.1, 0.15) is 5.75 Å². The van der Waals surface area contributed by atoms with E-state index in [0.29, 0.717) is 23.0 Å². The lowest BCUT2D eigenvalue weighted by Crippen LogP contribution is -2.11. The van der Waals surface area contributed by atoms with E-state index in [-0.39, 0.29) is 5.91 Å². The number of aromatic nitrogens is 3. The number of nitrogens with one attached hydrogen (secondary N) is 1. The van der Waals surface area contributed by atoms with E-state index in [1.165, 1.54) is 0 Å². The van der Waals surface area contributed by atoms with Gasteiger partial charge in [0.25, 0.3) is 5.91 Å². The molecule has 2 aromatic heterocycles. The summed E-state index contributed by atoms with van der Waals surface area (Å²) < 4.78 is 10.6. The molecule has 0 radical (unpaired) electrons. The number of nitrogens with zero attached hydrogens (tertiary/aromatic N) is 3. The first-order valence-electron chi connectivity index (χ1n) is 11.4. The Morgan fingerprint density at radius 1 is 0.833 bits per heavy atom. The summed E-state index contributed by atoms with van der Waals surface area (Å²) in [6.45, 7) is 3.81. The molecule has 7 heteroatoms. The fourth-order valence-electron chi connectivity index (χ4n) is 4.09. The molecule has 36 heavy (non-hydrogen) atoms. The molecule has 0 saturated heterocycles. The zero-order chi connectivity index (χ0) is 25.1. The summed E-state index contributed by atoms with van der Waals surface area (Å²) in [4.78, 5) is 21.3. The lowest BCUT2D eigenvalue weighted by atomic mass is 9.97. The minimum atomic E-state index is -0.188. The minimum absolute atomic E-state index is 0.188. The Morgan fingerprint density at radius 2 is 1.56 bits per heavy atom. The van der Waals surface area contributed by atoms with E-state index in [0.717, 1.165) is 39.1 Å². The Kier molecular flexibility index (Phi) is 6.28. The van der Waals surface area contributed by atoms with Gasteiger partial charge in [0.2, 0.25) is 11.7 Å². The fourth-order valence-corrected chi connectivity index (χ4v) is 4.09. The molecule has 0 unspecified atom stereocenters. The van der Waals surface area contributed by atoms with Crippen molar-refractivity contribution >= 4 is 11.6 Å². The van der Waals surface area contributed by atoms with E-state index < -0.39 is 0 Å². The molecule has 0 bridgehead atoms. The van der Waals surface area contributed by atoms with E-state index in [1.54, 1.807) is 26.4 Å². The molecular weight excluding hydrogens is 452 g/mol. The number of pyridine rings is 1. The number of amides is 1. The predicted molar refractivity (Wildman–Crippen MR) is 139 cm³/mol. The third kappa shape index (κ3) is 4.72. The second kappa shape index (κ2) is 9.84. The van der Waals surface area contributed by atoms with Crippen LogP contribution in [0.15, 0.2) is 89.7 Å². The Bertz CT molecular complexity index is 1530. The van der Waals surface area contributed by atoms with E-state index in [9.17, 15) is 4.79 Å². The van der Waals surface area contributed by atoms with E-state index >= 15 is 0 Å². The molecule has 7 nitrogen and oxygen atoms in total. The first-order valence-corrected chi connectivity index (χ1v) is 11.4. The van der Waals surface area contributed by atoms with Crippen LogP contribution < -0.4 is 10.1 Å². The molecule has 0 spiro atoms. The summed E-state index contributed by atoms with van der Waals surface area (Å²) in [6, 6.07) is 23.0. The third-order valence-corrected chi connectivity index (χ3v) is 5.92. The van der Waals surface area contributed by atoms with E-state index in [2.05, 4.69) is 20.4 Å². The van der Waals surface area contributed by atoms with Gasteiger partial charge in [-0.3, -0.25) is 9.78 Å². The minimum Gasteiger partial charge on any atom is -0.496 e. The van der Waals surface area contributed by atoms with Crippen LogP contribution in [0.4, 0.5) is 5.69 Å². The number of methoxy groups -OCH3 is 1. The number of rotatable bonds is 6. The highest BCUT2D eigenvalue weighted by Crippen LogP contribution is 2.33. The number of hydrogen-bond acceptors (Lipinski definition) is 6. The molecule has 3 aromatic carbocycles. The molecule has 1 N–H and O–H groups in total. The van der Waals surface area contributed by atoms with Gasteiger partial charge in [-0.05, 0) is 77.7 Å².